The molecule has 0 aromatic heterocycles. The van der Waals surface area contributed by atoms with Crippen molar-refractivity contribution >= 4 is 33.2 Å². The number of nitrogens with zero attached hydrogens (tertiary/aromatic N) is 1. The molecule has 2 N–H and O–H groups in total. The van der Waals surface area contributed by atoms with Crippen molar-refractivity contribution in [1.82, 2.24) is 4.90 Å². The lowest BCUT2D eigenvalue weighted by Crippen LogP contribution is -2.23. The van der Waals surface area contributed by atoms with E-state index in [2.05, 4.69) is 10.0 Å². The standard InChI is InChI=1S/C26H27N3O5S/c1-2-34-23-13-11-21(12-14-23)28-35(32,33)24-9-4-7-20(17-24)26(31)27-22-8-3-6-19(16-22)18-29-15-5-10-25(29)30/h3-4,6-9,11-14,16-17,28H,2,5,10,15,18H2,1H3,(H,27,31). The minimum absolute atomic E-state index is 0.0275. The number of carbonyl (C=O) groups excluding carboxylic acids is 2. The molecule has 0 spiro atoms. The molecule has 35 heavy (non-hydrogen) atoms. The molecule has 182 valence electrons. The van der Waals surface area contributed by atoms with Crippen LogP contribution < -0.4 is 14.8 Å². The van der Waals surface area contributed by atoms with Gasteiger partial charge >= 0.3 is 0 Å². The van der Waals surface area contributed by atoms with Gasteiger partial charge in [0.05, 0.1) is 11.5 Å². The maximum absolute atomic E-state index is 12.9. The van der Waals surface area contributed by atoms with Gasteiger partial charge in [-0.2, -0.15) is 0 Å². The molecule has 0 radical (unpaired) electrons. The Kier molecular flexibility index (Phi) is 7.36. The lowest BCUT2D eigenvalue weighted by molar-refractivity contribution is -0.128. The summed E-state index contributed by atoms with van der Waals surface area (Å²) in [4.78, 5) is 26.5. The van der Waals surface area contributed by atoms with Gasteiger partial charge in [-0.15, -0.1) is 0 Å². The highest BCUT2D eigenvalue weighted by Gasteiger charge is 2.20. The number of ether oxygens (including phenoxy) is 1. The van der Waals surface area contributed by atoms with Gasteiger partial charge < -0.3 is 15.0 Å². The van der Waals surface area contributed by atoms with Crippen LogP contribution in [-0.4, -0.2) is 38.3 Å². The third-order valence-electron chi connectivity index (χ3n) is 5.55. The largest absolute Gasteiger partial charge is 0.494 e. The highest BCUT2D eigenvalue weighted by Crippen LogP contribution is 2.21. The Balaban J connectivity index is 1.45. The van der Waals surface area contributed by atoms with E-state index in [-0.39, 0.29) is 16.4 Å². The highest BCUT2D eigenvalue weighted by atomic mass is 32.2. The minimum Gasteiger partial charge on any atom is -0.494 e. The average Bonchev–Trinajstić information content (AvgIpc) is 3.25. The molecule has 1 heterocycles. The van der Waals surface area contributed by atoms with Crippen molar-refractivity contribution < 1.29 is 22.7 Å². The van der Waals surface area contributed by atoms with Crippen LogP contribution in [0.25, 0.3) is 0 Å². The van der Waals surface area contributed by atoms with Crippen LogP contribution in [0.15, 0.2) is 77.7 Å². The summed E-state index contributed by atoms with van der Waals surface area (Å²) in [6, 6.07) is 19.7. The quantitative estimate of drug-likeness (QED) is 0.463. The number of likely N-dealkylation sites (tertiary alicyclic amines) is 1. The van der Waals surface area contributed by atoms with Crippen LogP contribution in [0.5, 0.6) is 5.75 Å². The topological polar surface area (TPSA) is 105 Å². The number of benzene rings is 3. The summed E-state index contributed by atoms with van der Waals surface area (Å²) in [5, 5.41) is 2.81. The Labute approximate surface area is 205 Å². The van der Waals surface area contributed by atoms with E-state index in [0.717, 1.165) is 18.5 Å². The van der Waals surface area contributed by atoms with Gasteiger partial charge in [-0.3, -0.25) is 14.3 Å². The molecular formula is C26H27N3O5S. The number of anilines is 2. The number of nitrogens with one attached hydrogen (secondary N) is 2. The van der Waals surface area contributed by atoms with E-state index < -0.39 is 15.9 Å². The molecule has 0 aliphatic carbocycles. The van der Waals surface area contributed by atoms with Gasteiger partial charge in [0.1, 0.15) is 5.75 Å². The second-order valence-electron chi connectivity index (χ2n) is 8.16. The Morgan fingerprint density at radius 2 is 1.77 bits per heavy atom. The van der Waals surface area contributed by atoms with Crippen molar-refractivity contribution in [3.63, 3.8) is 0 Å². The number of hydrogen-bond donors (Lipinski definition) is 2. The molecule has 9 heteroatoms. The fourth-order valence-corrected chi connectivity index (χ4v) is 4.95. The predicted molar refractivity (Wildman–Crippen MR) is 134 cm³/mol. The first-order chi connectivity index (χ1) is 16.8. The molecular weight excluding hydrogens is 466 g/mol. The lowest BCUT2D eigenvalue weighted by Gasteiger charge is -2.16. The van der Waals surface area contributed by atoms with E-state index in [9.17, 15) is 18.0 Å². The molecule has 1 aliphatic heterocycles. The average molecular weight is 494 g/mol. The summed E-state index contributed by atoms with van der Waals surface area (Å²) >= 11 is 0. The maximum atomic E-state index is 12.9. The van der Waals surface area contributed by atoms with Crippen molar-refractivity contribution in [2.24, 2.45) is 0 Å². The number of amides is 2. The number of carbonyl (C=O) groups is 2. The van der Waals surface area contributed by atoms with Crippen molar-refractivity contribution in [2.75, 3.05) is 23.2 Å². The molecule has 0 bridgehead atoms. The van der Waals surface area contributed by atoms with Gasteiger partial charge in [0, 0.05) is 36.4 Å². The van der Waals surface area contributed by atoms with Crippen LogP contribution in [0.3, 0.4) is 0 Å². The smallest absolute Gasteiger partial charge is 0.261 e. The molecule has 8 nitrogen and oxygen atoms in total. The first kappa shape index (κ1) is 24.3. The Morgan fingerprint density at radius 3 is 2.49 bits per heavy atom. The van der Waals surface area contributed by atoms with E-state index in [0.29, 0.717) is 36.7 Å². The van der Waals surface area contributed by atoms with Gasteiger partial charge in [-0.25, -0.2) is 8.42 Å². The molecule has 2 amide bonds. The normalized spacial score (nSPS) is 13.5. The van der Waals surface area contributed by atoms with Crippen LogP contribution in [0.2, 0.25) is 0 Å². The number of hydrogen-bond acceptors (Lipinski definition) is 5. The van der Waals surface area contributed by atoms with Crippen molar-refractivity contribution in [3.8, 4) is 5.75 Å². The SMILES string of the molecule is CCOc1ccc(NS(=O)(=O)c2cccc(C(=O)Nc3cccc(CN4CCCC4=O)c3)c2)cc1. The van der Waals surface area contributed by atoms with E-state index in [4.69, 9.17) is 4.74 Å². The van der Waals surface area contributed by atoms with Crippen molar-refractivity contribution in [1.29, 1.82) is 0 Å². The molecule has 0 saturated carbocycles. The fourth-order valence-electron chi connectivity index (χ4n) is 3.85. The Hall–Kier alpha value is -3.85. The van der Waals surface area contributed by atoms with Crippen molar-refractivity contribution in [3.05, 3.63) is 83.9 Å². The number of rotatable bonds is 9. The zero-order chi connectivity index (χ0) is 24.8. The Bertz CT molecular complexity index is 1320. The minimum atomic E-state index is -3.90. The lowest BCUT2D eigenvalue weighted by atomic mass is 10.1. The van der Waals surface area contributed by atoms with E-state index >= 15 is 0 Å². The molecule has 1 aliphatic rings. The summed E-state index contributed by atoms with van der Waals surface area (Å²) in [5.41, 5.74) is 2.07. The Morgan fingerprint density at radius 1 is 1.00 bits per heavy atom. The zero-order valence-corrected chi connectivity index (χ0v) is 20.2. The van der Waals surface area contributed by atoms with Crippen LogP contribution in [-0.2, 0) is 21.4 Å². The first-order valence-electron chi connectivity index (χ1n) is 11.4. The molecule has 1 saturated heterocycles. The predicted octanol–water partition coefficient (Wildman–Crippen LogP) is 4.26. The van der Waals surface area contributed by atoms with Crippen LogP contribution in [0.1, 0.15) is 35.7 Å². The fraction of sp³-hybridized carbons (Fsp3) is 0.231. The second kappa shape index (κ2) is 10.6. The van der Waals surface area contributed by atoms with Crippen LogP contribution in [0.4, 0.5) is 11.4 Å². The maximum Gasteiger partial charge on any atom is 0.261 e. The van der Waals surface area contributed by atoms with Crippen LogP contribution in [0, 0.1) is 0 Å². The summed E-state index contributed by atoms with van der Waals surface area (Å²) in [5.74, 6) is 0.346. The van der Waals surface area contributed by atoms with Gasteiger partial charge in [0.25, 0.3) is 15.9 Å². The van der Waals surface area contributed by atoms with Gasteiger partial charge in [0.15, 0.2) is 0 Å². The zero-order valence-electron chi connectivity index (χ0n) is 19.4. The number of sulfonamides is 1. The second-order valence-corrected chi connectivity index (χ2v) is 9.85. The summed E-state index contributed by atoms with van der Waals surface area (Å²) in [6.45, 7) is 3.62. The molecule has 3 aromatic carbocycles. The van der Waals surface area contributed by atoms with Gasteiger partial charge in [-0.05, 0) is 73.5 Å². The summed E-state index contributed by atoms with van der Waals surface area (Å²) in [7, 11) is -3.90. The molecule has 4 rings (SSSR count). The third-order valence-corrected chi connectivity index (χ3v) is 6.93. The molecule has 3 aromatic rings. The van der Waals surface area contributed by atoms with Crippen LogP contribution >= 0.6 is 0 Å². The van der Waals surface area contributed by atoms with Crippen molar-refractivity contribution in [2.45, 2.75) is 31.2 Å². The summed E-state index contributed by atoms with van der Waals surface area (Å²) in [6.07, 6.45) is 1.44. The summed E-state index contributed by atoms with van der Waals surface area (Å²) < 4.78 is 33.6. The molecule has 1 fully saturated rings. The van der Waals surface area contributed by atoms with Gasteiger partial charge in [0.2, 0.25) is 5.91 Å². The highest BCUT2D eigenvalue weighted by molar-refractivity contribution is 7.92. The first-order valence-corrected chi connectivity index (χ1v) is 12.9. The van der Waals surface area contributed by atoms with E-state index in [1.165, 1.54) is 18.2 Å². The van der Waals surface area contributed by atoms with E-state index in [1.54, 1.807) is 41.3 Å². The van der Waals surface area contributed by atoms with Gasteiger partial charge in [-0.1, -0.05) is 18.2 Å². The molecule has 0 atom stereocenters. The molecule has 0 unspecified atom stereocenters. The monoisotopic (exact) mass is 493 g/mol. The van der Waals surface area contributed by atoms with E-state index in [1.807, 2.05) is 25.1 Å². The third kappa shape index (κ3) is 6.19.